The SMILES string of the molecule is CN(CCNCc1ccnc(C#N)c1)C1CC1. The molecule has 0 unspecified atom stereocenters. The summed E-state index contributed by atoms with van der Waals surface area (Å²) in [4.78, 5) is 6.35. The van der Waals surface area contributed by atoms with Gasteiger partial charge in [-0.1, -0.05) is 0 Å². The molecule has 2 rings (SSSR count). The van der Waals surface area contributed by atoms with E-state index in [4.69, 9.17) is 5.26 Å². The Morgan fingerprint density at radius 3 is 3.12 bits per heavy atom. The predicted molar refractivity (Wildman–Crippen MR) is 66.3 cm³/mol. The van der Waals surface area contributed by atoms with E-state index in [1.165, 1.54) is 12.8 Å². The lowest BCUT2D eigenvalue weighted by Crippen LogP contribution is -2.30. The molecule has 0 bridgehead atoms. The van der Waals surface area contributed by atoms with E-state index in [9.17, 15) is 0 Å². The topological polar surface area (TPSA) is 52.0 Å². The Balaban J connectivity index is 1.68. The molecule has 4 nitrogen and oxygen atoms in total. The summed E-state index contributed by atoms with van der Waals surface area (Å²) in [6.45, 7) is 2.87. The minimum absolute atomic E-state index is 0.486. The Labute approximate surface area is 102 Å². The number of rotatable bonds is 6. The number of nitrogens with zero attached hydrogens (tertiary/aromatic N) is 3. The maximum atomic E-state index is 8.73. The fourth-order valence-electron chi connectivity index (χ4n) is 1.83. The first kappa shape index (κ1) is 12.0. The van der Waals surface area contributed by atoms with Crippen molar-refractivity contribution in [3.05, 3.63) is 29.6 Å². The lowest BCUT2D eigenvalue weighted by molar-refractivity contribution is 0.321. The third-order valence-electron chi connectivity index (χ3n) is 3.08. The summed E-state index contributed by atoms with van der Waals surface area (Å²) in [5.41, 5.74) is 1.60. The zero-order chi connectivity index (χ0) is 12.1. The molecule has 1 heterocycles. The zero-order valence-corrected chi connectivity index (χ0v) is 10.2. The van der Waals surface area contributed by atoms with Gasteiger partial charge in [0.1, 0.15) is 11.8 Å². The van der Waals surface area contributed by atoms with E-state index in [2.05, 4.69) is 28.3 Å². The van der Waals surface area contributed by atoms with Crippen LogP contribution in [0.3, 0.4) is 0 Å². The van der Waals surface area contributed by atoms with Gasteiger partial charge in [0, 0.05) is 31.9 Å². The second kappa shape index (κ2) is 5.76. The normalized spacial score (nSPS) is 14.9. The zero-order valence-electron chi connectivity index (χ0n) is 10.2. The number of hydrogen-bond acceptors (Lipinski definition) is 4. The molecule has 0 aliphatic heterocycles. The molecule has 0 atom stereocenters. The number of likely N-dealkylation sites (N-methyl/N-ethyl adjacent to an activating group) is 1. The quantitative estimate of drug-likeness (QED) is 0.744. The van der Waals surface area contributed by atoms with Crippen LogP contribution in [0.1, 0.15) is 24.1 Å². The third-order valence-corrected chi connectivity index (χ3v) is 3.08. The van der Waals surface area contributed by atoms with Crippen LogP contribution in [0.25, 0.3) is 0 Å². The highest BCUT2D eigenvalue weighted by Crippen LogP contribution is 2.24. The van der Waals surface area contributed by atoms with Crippen LogP contribution in [0.2, 0.25) is 0 Å². The van der Waals surface area contributed by atoms with Gasteiger partial charge in [0.25, 0.3) is 0 Å². The van der Waals surface area contributed by atoms with Crippen molar-refractivity contribution in [1.82, 2.24) is 15.2 Å². The summed E-state index contributed by atoms with van der Waals surface area (Å²) in [5, 5.41) is 12.1. The van der Waals surface area contributed by atoms with Gasteiger partial charge in [-0.2, -0.15) is 5.26 Å². The lowest BCUT2D eigenvalue weighted by atomic mass is 10.2. The third kappa shape index (κ3) is 3.81. The van der Waals surface area contributed by atoms with E-state index in [-0.39, 0.29) is 0 Å². The molecule has 17 heavy (non-hydrogen) atoms. The fraction of sp³-hybridized carbons (Fsp3) is 0.538. The molecule has 1 saturated carbocycles. The highest BCUT2D eigenvalue weighted by molar-refractivity contribution is 5.25. The van der Waals surface area contributed by atoms with Gasteiger partial charge in [-0.25, -0.2) is 4.98 Å². The first-order valence-corrected chi connectivity index (χ1v) is 6.05. The highest BCUT2D eigenvalue weighted by atomic mass is 15.2. The molecule has 0 radical (unpaired) electrons. The maximum absolute atomic E-state index is 8.73. The molecule has 1 aliphatic carbocycles. The van der Waals surface area contributed by atoms with Crippen molar-refractivity contribution in [2.24, 2.45) is 0 Å². The second-order valence-corrected chi connectivity index (χ2v) is 4.55. The molecule has 1 aromatic heterocycles. The maximum Gasteiger partial charge on any atom is 0.140 e. The van der Waals surface area contributed by atoms with Crippen molar-refractivity contribution in [2.75, 3.05) is 20.1 Å². The molecule has 1 N–H and O–H groups in total. The summed E-state index contributed by atoms with van der Waals surface area (Å²) in [6.07, 6.45) is 4.39. The van der Waals surface area contributed by atoms with Gasteiger partial charge in [0.15, 0.2) is 0 Å². The molecule has 1 fully saturated rings. The van der Waals surface area contributed by atoms with E-state index in [1.807, 2.05) is 12.1 Å². The van der Waals surface area contributed by atoms with Gasteiger partial charge in [0.05, 0.1) is 0 Å². The number of nitrogens with one attached hydrogen (secondary N) is 1. The standard InChI is InChI=1S/C13H18N4/c1-17(13-2-3-13)7-6-15-10-11-4-5-16-12(8-11)9-14/h4-5,8,13,15H,2-3,6-7,10H2,1H3. The van der Waals surface area contributed by atoms with Crippen LogP contribution < -0.4 is 5.32 Å². The Kier molecular flexibility index (Phi) is 4.08. The predicted octanol–water partition coefficient (Wildman–Crippen LogP) is 1.14. The van der Waals surface area contributed by atoms with Gasteiger partial charge < -0.3 is 10.2 Å². The van der Waals surface area contributed by atoms with Gasteiger partial charge in [-0.15, -0.1) is 0 Å². The first-order chi connectivity index (χ1) is 8.29. The molecule has 1 aromatic rings. The van der Waals surface area contributed by atoms with Gasteiger partial charge >= 0.3 is 0 Å². The van der Waals surface area contributed by atoms with Crippen LogP contribution in [0, 0.1) is 11.3 Å². The summed E-state index contributed by atoms with van der Waals surface area (Å²) >= 11 is 0. The number of hydrogen-bond donors (Lipinski definition) is 1. The van der Waals surface area contributed by atoms with Crippen LogP contribution in [-0.2, 0) is 6.54 Å². The number of aromatic nitrogens is 1. The largest absolute Gasteiger partial charge is 0.311 e. The Bertz CT molecular complexity index is 406. The van der Waals surface area contributed by atoms with Crippen molar-refractivity contribution < 1.29 is 0 Å². The number of pyridine rings is 1. The van der Waals surface area contributed by atoms with E-state index < -0.39 is 0 Å². The Morgan fingerprint density at radius 2 is 2.41 bits per heavy atom. The van der Waals surface area contributed by atoms with Gasteiger partial charge in [-0.05, 0) is 37.6 Å². The summed E-state index contributed by atoms with van der Waals surface area (Å²) in [7, 11) is 2.18. The molecule has 1 aliphatic rings. The van der Waals surface area contributed by atoms with Crippen molar-refractivity contribution in [2.45, 2.75) is 25.4 Å². The molecule has 90 valence electrons. The summed E-state index contributed by atoms with van der Waals surface area (Å²) < 4.78 is 0. The van der Waals surface area contributed by atoms with Crippen molar-refractivity contribution >= 4 is 0 Å². The van der Waals surface area contributed by atoms with Gasteiger partial charge in [-0.3, -0.25) is 0 Å². The van der Waals surface area contributed by atoms with Gasteiger partial charge in [0.2, 0.25) is 0 Å². The molecule has 0 amide bonds. The first-order valence-electron chi connectivity index (χ1n) is 6.05. The molecular formula is C13H18N4. The smallest absolute Gasteiger partial charge is 0.140 e. The van der Waals surface area contributed by atoms with Crippen molar-refractivity contribution in [3.8, 4) is 6.07 Å². The summed E-state index contributed by atoms with van der Waals surface area (Å²) in [6, 6.07) is 6.65. The second-order valence-electron chi connectivity index (χ2n) is 4.55. The molecular weight excluding hydrogens is 212 g/mol. The van der Waals surface area contributed by atoms with E-state index in [0.29, 0.717) is 5.69 Å². The Hall–Kier alpha value is -1.44. The minimum atomic E-state index is 0.486. The van der Waals surface area contributed by atoms with Crippen LogP contribution in [0.4, 0.5) is 0 Å². The molecule has 0 spiro atoms. The van der Waals surface area contributed by atoms with Crippen LogP contribution in [0.5, 0.6) is 0 Å². The molecule has 4 heteroatoms. The van der Waals surface area contributed by atoms with Crippen LogP contribution in [-0.4, -0.2) is 36.1 Å². The van der Waals surface area contributed by atoms with Crippen molar-refractivity contribution in [1.29, 1.82) is 5.26 Å². The molecule has 0 saturated heterocycles. The minimum Gasteiger partial charge on any atom is -0.311 e. The van der Waals surface area contributed by atoms with E-state index in [0.717, 1.165) is 31.2 Å². The highest BCUT2D eigenvalue weighted by Gasteiger charge is 2.25. The fourth-order valence-corrected chi connectivity index (χ4v) is 1.83. The van der Waals surface area contributed by atoms with E-state index in [1.54, 1.807) is 6.20 Å². The van der Waals surface area contributed by atoms with E-state index >= 15 is 0 Å². The monoisotopic (exact) mass is 230 g/mol. The Morgan fingerprint density at radius 1 is 1.59 bits per heavy atom. The van der Waals surface area contributed by atoms with Crippen LogP contribution >= 0.6 is 0 Å². The summed E-state index contributed by atoms with van der Waals surface area (Å²) in [5.74, 6) is 0. The average molecular weight is 230 g/mol. The average Bonchev–Trinajstić information content (AvgIpc) is 3.19. The number of nitriles is 1. The molecule has 0 aromatic carbocycles. The lowest BCUT2D eigenvalue weighted by Gasteiger charge is -2.15. The van der Waals surface area contributed by atoms with Crippen LogP contribution in [0.15, 0.2) is 18.3 Å². The van der Waals surface area contributed by atoms with Crippen molar-refractivity contribution in [3.63, 3.8) is 0 Å².